The van der Waals surface area contributed by atoms with Gasteiger partial charge in [0.2, 0.25) is 5.91 Å². The van der Waals surface area contributed by atoms with Gasteiger partial charge >= 0.3 is 0 Å². The van der Waals surface area contributed by atoms with E-state index in [1.807, 2.05) is 6.92 Å². The third-order valence-electron chi connectivity index (χ3n) is 4.53. The summed E-state index contributed by atoms with van der Waals surface area (Å²) in [5, 5.41) is 3.07. The summed E-state index contributed by atoms with van der Waals surface area (Å²) in [4.78, 5) is 14.5. The molecule has 1 aliphatic rings. The Morgan fingerprint density at radius 1 is 1.24 bits per heavy atom. The van der Waals surface area contributed by atoms with E-state index in [0.29, 0.717) is 18.5 Å². The van der Waals surface area contributed by atoms with Gasteiger partial charge in [-0.05, 0) is 12.3 Å². The van der Waals surface area contributed by atoms with Gasteiger partial charge in [0.15, 0.2) is 0 Å². The van der Waals surface area contributed by atoms with Crippen LogP contribution in [-0.4, -0.2) is 55.7 Å². The number of hydrogen-bond donors (Lipinski definition) is 2. The number of nitrogens with one attached hydrogen (secondary N) is 1. The lowest BCUT2D eigenvalue weighted by Crippen LogP contribution is -2.53. The van der Waals surface area contributed by atoms with E-state index in [1.165, 1.54) is 0 Å². The Morgan fingerprint density at radius 2 is 1.86 bits per heavy atom. The maximum Gasteiger partial charge on any atom is 0.236 e. The van der Waals surface area contributed by atoms with Crippen molar-refractivity contribution in [1.82, 2.24) is 10.2 Å². The molecule has 5 nitrogen and oxygen atoms in total. The predicted molar refractivity (Wildman–Crippen MR) is 86.1 cm³/mol. The molecule has 3 N–H and O–H groups in total. The van der Waals surface area contributed by atoms with Gasteiger partial charge in [-0.2, -0.15) is 0 Å². The largest absolute Gasteiger partial charge is 0.379 e. The predicted octanol–water partition coefficient (Wildman–Crippen LogP) is 1.37. The van der Waals surface area contributed by atoms with Crippen molar-refractivity contribution in [2.24, 2.45) is 11.7 Å². The van der Waals surface area contributed by atoms with Crippen molar-refractivity contribution in [3.05, 3.63) is 0 Å². The molecular weight excluding hydrogens is 266 g/mol. The Kier molecular flexibility index (Phi) is 8.88. The highest BCUT2D eigenvalue weighted by Crippen LogP contribution is 2.19. The molecule has 1 aliphatic heterocycles. The third kappa shape index (κ3) is 5.93. The second-order valence-electron chi connectivity index (χ2n) is 5.93. The molecule has 1 saturated heterocycles. The zero-order valence-electron chi connectivity index (χ0n) is 13.9. The Bertz CT molecular complexity index is 289. The topological polar surface area (TPSA) is 67.6 Å². The minimum absolute atomic E-state index is 0.0129. The second-order valence-corrected chi connectivity index (χ2v) is 5.93. The molecular formula is C16H33N3O2. The van der Waals surface area contributed by atoms with Gasteiger partial charge in [0.1, 0.15) is 0 Å². The lowest BCUT2D eigenvalue weighted by atomic mass is 9.92. The van der Waals surface area contributed by atoms with Gasteiger partial charge in [-0.3, -0.25) is 9.69 Å². The summed E-state index contributed by atoms with van der Waals surface area (Å²) >= 11 is 0. The fourth-order valence-electron chi connectivity index (χ4n) is 3.11. The van der Waals surface area contributed by atoms with Gasteiger partial charge in [-0.25, -0.2) is 0 Å². The maximum atomic E-state index is 12.0. The molecule has 1 rings (SSSR count). The van der Waals surface area contributed by atoms with Crippen LogP contribution in [0.25, 0.3) is 0 Å². The summed E-state index contributed by atoms with van der Waals surface area (Å²) in [6.07, 6.45) is 3.96. The first kappa shape index (κ1) is 18.4. The first-order valence-corrected chi connectivity index (χ1v) is 8.49. The van der Waals surface area contributed by atoms with E-state index in [-0.39, 0.29) is 11.9 Å². The van der Waals surface area contributed by atoms with E-state index in [0.717, 1.165) is 52.0 Å². The van der Waals surface area contributed by atoms with E-state index in [1.54, 1.807) is 0 Å². The Balaban J connectivity index is 2.57. The highest BCUT2D eigenvalue weighted by Gasteiger charge is 2.27. The number of nitrogens with zero attached hydrogens (tertiary/aromatic N) is 1. The quantitative estimate of drug-likeness (QED) is 0.675. The molecule has 0 bridgehead atoms. The Morgan fingerprint density at radius 3 is 2.38 bits per heavy atom. The molecule has 0 saturated carbocycles. The number of carbonyl (C=O) groups excluding carboxylic acids is 1. The van der Waals surface area contributed by atoms with Crippen molar-refractivity contribution < 1.29 is 9.53 Å². The molecule has 2 atom stereocenters. The maximum absolute atomic E-state index is 12.0. The summed E-state index contributed by atoms with van der Waals surface area (Å²) < 4.78 is 5.44. The number of amides is 1. The number of rotatable bonds is 9. The molecule has 0 aromatic heterocycles. The van der Waals surface area contributed by atoms with Crippen LogP contribution >= 0.6 is 0 Å². The summed E-state index contributed by atoms with van der Waals surface area (Å²) in [6, 6.07) is 0.0173. The van der Waals surface area contributed by atoms with E-state index >= 15 is 0 Å². The van der Waals surface area contributed by atoms with Crippen LogP contribution in [0.15, 0.2) is 0 Å². The second kappa shape index (κ2) is 10.1. The minimum Gasteiger partial charge on any atom is -0.379 e. The Labute approximate surface area is 129 Å². The number of morpholine rings is 1. The van der Waals surface area contributed by atoms with Crippen LogP contribution < -0.4 is 11.1 Å². The van der Waals surface area contributed by atoms with Crippen LogP contribution in [-0.2, 0) is 9.53 Å². The summed E-state index contributed by atoms with van der Waals surface area (Å²) in [5.74, 6) is 0.590. The molecule has 1 amide bonds. The molecule has 21 heavy (non-hydrogen) atoms. The van der Waals surface area contributed by atoms with Gasteiger partial charge in [0.25, 0.3) is 0 Å². The standard InChI is InChI=1S/C16H33N3O2/c1-4-7-14(17)16(20)18-12-15(13(5-2)6-3)19-8-10-21-11-9-19/h13-15H,4-12,17H2,1-3H3,(H,18,20). The normalized spacial score (nSPS) is 19.5. The number of hydrogen-bond acceptors (Lipinski definition) is 4. The van der Waals surface area contributed by atoms with Gasteiger partial charge in [0, 0.05) is 25.7 Å². The van der Waals surface area contributed by atoms with Gasteiger partial charge in [-0.1, -0.05) is 40.0 Å². The van der Waals surface area contributed by atoms with Crippen molar-refractivity contribution >= 4 is 5.91 Å². The van der Waals surface area contributed by atoms with Crippen LogP contribution in [0, 0.1) is 5.92 Å². The van der Waals surface area contributed by atoms with Crippen LogP contribution in [0.1, 0.15) is 46.5 Å². The SMILES string of the molecule is CCCC(N)C(=O)NCC(C(CC)CC)N1CCOCC1. The highest BCUT2D eigenvalue weighted by molar-refractivity contribution is 5.81. The van der Waals surface area contributed by atoms with Gasteiger partial charge in [0.05, 0.1) is 19.3 Å². The van der Waals surface area contributed by atoms with Crippen LogP contribution in [0.2, 0.25) is 0 Å². The first-order valence-electron chi connectivity index (χ1n) is 8.49. The molecule has 124 valence electrons. The van der Waals surface area contributed by atoms with Crippen LogP contribution in [0.4, 0.5) is 0 Å². The molecule has 2 unspecified atom stereocenters. The van der Waals surface area contributed by atoms with Crippen molar-refractivity contribution in [3.8, 4) is 0 Å². The van der Waals surface area contributed by atoms with Gasteiger partial charge < -0.3 is 15.8 Å². The number of carbonyl (C=O) groups is 1. The fourth-order valence-corrected chi connectivity index (χ4v) is 3.11. The molecule has 1 heterocycles. The average Bonchev–Trinajstić information content (AvgIpc) is 2.52. The molecule has 0 spiro atoms. The monoisotopic (exact) mass is 299 g/mol. The van der Waals surface area contributed by atoms with Gasteiger partial charge in [-0.15, -0.1) is 0 Å². The number of ether oxygens (including phenoxy) is 1. The van der Waals surface area contributed by atoms with E-state index in [2.05, 4.69) is 24.1 Å². The first-order chi connectivity index (χ1) is 10.1. The lowest BCUT2D eigenvalue weighted by molar-refractivity contribution is -0.123. The summed E-state index contributed by atoms with van der Waals surface area (Å²) in [5.41, 5.74) is 5.89. The lowest BCUT2D eigenvalue weighted by Gasteiger charge is -2.39. The van der Waals surface area contributed by atoms with Crippen molar-refractivity contribution in [2.45, 2.75) is 58.5 Å². The van der Waals surface area contributed by atoms with Crippen molar-refractivity contribution in [2.75, 3.05) is 32.8 Å². The smallest absolute Gasteiger partial charge is 0.236 e. The van der Waals surface area contributed by atoms with E-state index in [9.17, 15) is 4.79 Å². The third-order valence-corrected chi connectivity index (χ3v) is 4.53. The van der Waals surface area contributed by atoms with E-state index in [4.69, 9.17) is 10.5 Å². The molecule has 0 aliphatic carbocycles. The molecule has 0 aromatic rings. The van der Waals surface area contributed by atoms with Crippen molar-refractivity contribution in [3.63, 3.8) is 0 Å². The minimum atomic E-state index is -0.373. The summed E-state index contributed by atoms with van der Waals surface area (Å²) in [7, 11) is 0. The van der Waals surface area contributed by atoms with Crippen molar-refractivity contribution in [1.29, 1.82) is 0 Å². The highest BCUT2D eigenvalue weighted by atomic mass is 16.5. The molecule has 1 fully saturated rings. The van der Waals surface area contributed by atoms with Crippen LogP contribution in [0.5, 0.6) is 0 Å². The molecule has 0 radical (unpaired) electrons. The van der Waals surface area contributed by atoms with E-state index < -0.39 is 0 Å². The Hall–Kier alpha value is -0.650. The number of nitrogens with two attached hydrogens (primary N) is 1. The zero-order chi connectivity index (χ0) is 15.7. The zero-order valence-corrected chi connectivity index (χ0v) is 13.9. The average molecular weight is 299 g/mol. The molecule has 5 heteroatoms. The molecule has 0 aromatic carbocycles. The summed E-state index contributed by atoms with van der Waals surface area (Å²) in [6.45, 7) is 10.7. The van der Waals surface area contributed by atoms with Crippen LogP contribution in [0.3, 0.4) is 0 Å². The fraction of sp³-hybridized carbons (Fsp3) is 0.938.